The van der Waals surface area contributed by atoms with Crippen LogP contribution in [0.15, 0.2) is 48.5 Å². The first-order chi connectivity index (χ1) is 13.1. The molecule has 1 aromatic heterocycles. The molecule has 1 fully saturated rings. The van der Waals surface area contributed by atoms with Crippen molar-refractivity contribution in [2.75, 3.05) is 0 Å². The molecule has 1 heterocycles. The van der Waals surface area contributed by atoms with Crippen molar-refractivity contribution in [3.05, 3.63) is 70.4 Å². The number of para-hydroxylation sites is 1. The van der Waals surface area contributed by atoms with Gasteiger partial charge in [0, 0.05) is 40.6 Å². The van der Waals surface area contributed by atoms with Crippen LogP contribution in [0.1, 0.15) is 47.3 Å². The van der Waals surface area contributed by atoms with E-state index in [1.807, 2.05) is 53.1 Å². The van der Waals surface area contributed by atoms with Gasteiger partial charge in [0.05, 0.1) is 0 Å². The van der Waals surface area contributed by atoms with Gasteiger partial charge in [0.1, 0.15) is 5.69 Å². The molecule has 0 atom stereocenters. The van der Waals surface area contributed by atoms with Crippen LogP contribution in [0.25, 0.3) is 10.9 Å². The van der Waals surface area contributed by atoms with Gasteiger partial charge in [-0.2, -0.15) is 0 Å². The van der Waals surface area contributed by atoms with Crippen LogP contribution in [-0.2, 0) is 13.1 Å². The Balaban J connectivity index is 1.77. The zero-order valence-corrected chi connectivity index (χ0v) is 15.9. The average molecular weight is 383 g/mol. The summed E-state index contributed by atoms with van der Waals surface area (Å²) in [5, 5.41) is 15.2. The number of aromatic nitrogens is 1. The van der Waals surface area contributed by atoms with Crippen molar-refractivity contribution in [3.8, 4) is 0 Å². The third-order valence-corrected chi connectivity index (χ3v) is 5.67. The summed E-state index contributed by atoms with van der Waals surface area (Å²) in [4.78, 5) is 12.2. The first-order valence-corrected chi connectivity index (χ1v) is 9.82. The fourth-order valence-corrected chi connectivity index (χ4v) is 4.37. The highest BCUT2D eigenvalue weighted by molar-refractivity contribution is 6.30. The summed E-state index contributed by atoms with van der Waals surface area (Å²) in [7, 11) is 0. The van der Waals surface area contributed by atoms with E-state index in [9.17, 15) is 9.90 Å². The molecule has 0 radical (unpaired) electrons. The number of nitrogens with zero attached hydrogens (tertiary/aromatic N) is 1. The van der Waals surface area contributed by atoms with Crippen LogP contribution in [0, 0.1) is 0 Å². The summed E-state index contributed by atoms with van der Waals surface area (Å²) in [6.07, 6.45) is 4.84. The van der Waals surface area contributed by atoms with Gasteiger partial charge in [-0.15, -0.1) is 0 Å². The van der Waals surface area contributed by atoms with E-state index in [1.165, 1.54) is 25.7 Å². The number of carboxylic acid groups (broad SMARTS) is 1. The van der Waals surface area contributed by atoms with Crippen LogP contribution in [0.3, 0.4) is 0 Å². The summed E-state index contributed by atoms with van der Waals surface area (Å²) < 4.78 is 1.90. The topological polar surface area (TPSA) is 54.3 Å². The number of halogens is 1. The number of carbonyl (C=O) groups is 1. The van der Waals surface area contributed by atoms with E-state index in [0.717, 1.165) is 22.0 Å². The molecular formula is C22H23ClN2O2. The maximum absolute atomic E-state index is 12.2. The normalized spacial score (nSPS) is 14.9. The summed E-state index contributed by atoms with van der Waals surface area (Å²) in [6, 6.07) is 16.0. The van der Waals surface area contributed by atoms with Gasteiger partial charge < -0.3 is 15.0 Å². The largest absolute Gasteiger partial charge is 0.477 e. The van der Waals surface area contributed by atoms with E-state index >= 15 is 0 Å². The van der Waals surface area contributed by atoms with Gasteiger partial charge in [0.15, 0.2) is 0 Å². The Morgan fingerprint density at radius 2 is 1.93 bits per heavy atom. The molecule has 0 aliphatic heterocycles. The lowest BCUT2D eigenvalue weighted by Crippen LogP contribution is -2.26. The third kappa shape index (κ3) is 3.73. The van der Waals surface area contributed by atoms with Crippen LogP contribution in [0.4, 0.5) is 0 Å². The molecule has 0 amide bonds. The maximum Gasteiger partial charge on any atom is 0.352 e. The number of fused-ring (bicyclic) bond motifs is 1. The highest BCUT2D eigenvalue weighted by Gasteiger charge is 2.23. The van der Waals surface area contributed by atoms with E-state index in [-0.39, 0.29) is 0 Å². The first-order valence-electron chi connectivity index (χ1n) is 9.44. The molecule has 27 heavy (non-hydrogen) atoms. The van der Waals surface area contributed by atoms with Crippen molar-refractivity contribution in [3.63, 3.8) is 0 Å². The number of carboxylic acids is 1. The lowest BCUT2D eigenvalue weighted by molar-refractivity contribution is 0.0684. The maximum atomic E-state index is 12.2. The molecule has 1 saturated carbocycles. The summed E-state index contributed by atoms with van der Waals surface area (Å²) in [6.45, 7) is 1.06. The fourth-order valence-electron chi connectivity index (χ4n) is 4.16. The Kier molecular flexibility index (Phi) is 5.19. The molecule has 0 unspecified atom stereocenters. The zero-order valence-electron chi connectivity index (χ0n) is 15.1. The van der Waals surface area contributed by atoms with Gasteiger partial charge in [0.2, 0.25) is 0 Å². The van der Waals surface area contributed by atoms with Crippen molar-refractivity contribution in [2.45, 2.75) is 44.8 Å². The van der Waals surface area contributed by atoms with Crippen molar-refractivity contribution in [1.82, 2.24) is 9.88 Å². The molecule has 2 aromatic carbocycles. The molecule has 5 heteroatoms. The van der Waals surface area contributed by atoms with Crippen LogP contribution < -0.4 is 5.32 Å². The highest BCUT2D eigenvalue weighted by Crippen LogP contribution is 2.29. The quantitative estimate of drug-likeness (QED) is 0.625. The van der Waals surface area contributed by atoms with Crippen LogP contribution in [0.2, 0.25) is 5.02 Å². The number of hydrogen-bond donors (Lipinski definition) is 2. The van der Waals surface area contributed by atoms with E-state index < -0.39 is 5.97 Å². The van der Waals surface area contributed by atoms with Crippen LogP contribution in [-0.4, -0.2) is 21.7 Å². The van der Waals surface area contributed by atoms with Gasteiger partial charge >= 0.3 is 5.97 Å². The third-order valence-electron chi connectivity index (χ3n) is 5.43. The molecule has 1 aliphatic rings. The van der Waals surface area contributed by atoms with E-state index in [0.29, 0.717) is 29.8 Å². The highest BCUT2D eigenvalue weighted by atomic mass is 35.5. The minimum atomic E-state index is -0.892. The molecule has 0 saturated heterocycles. The number of benzene rings is 2. The zero-order chi connectivity index (χ0) is 18.8. The Bertz CT molecular complexity index is 974. The lowest BCUT2D eigenvalue weighted by Gasteiger charge is -2.13. The Morgan fingerprint density at radius 1 is 1.15 bits per heavy atom. The molecule has 0 bridgehead atoms. The van der Waals surface area contributed by atoms with Crippen molar-refractivity contribution in [1.29, 1.82) is 0 Å². The van der Waals surface area contributed by atoms with Gasteiger partial charge in [-0.1, -0.05) is 54.8 Å². The van der Waals surface area contributed by atoms with Gasteiger partial charge in [-0.05, 0) is 36.6 Å². The van der Waals surface area contributed by atoms with Crippen molar-refractivity contribution < 1.29 is 9.90 Å². The van der Waals surface area contributed by atoms with Crippen molar-refractivity contribution >= 4 is 28.5 Å². The summed E-state index contributed by atoms with van der Waals surface area (Å²) in [5.41, 5.74) is 3.16. The SMILES string of the molecule is O=C(O)c1c(CNC2CCCC2)c2ccccc2n1Cc1cccc(Cl)c1. The van der Waals surface area contributed by atoms with E-state index in [4.69, 9.17) is 11.6 Å². The Labute approximate surface area is 163 Å². The van der Waals surface area contributed by atoms with Crippen LogP contribution >= 0.6 is 11.6 Å². The van der Waals surface area contributed by atoms with Crippen LogP contribution in [0.5, 0.6) is 0 Å². The molecule has 4 nitrogen and oxygen atoms in total. The average Bonchev–Trinajstić information content (AvgIpc) is 3.27. The van der Waals surface area contributed by atoms with E-state index in [2.05, 4.69) is 5.32 Å². The number of hydrogen-bond acceptors (Lipinski definition) is 2. The minimum Gasteiger partial charge on any atom is -0.477 e. The second kappa shape index (κ2) is 7.75. The standard InChI is InChI=1S/C22H23ClN2O2/c23-16-7-5-6-15(12-16)14-25-20-11-4-3-10-18(20)19(21(25)22(26)27)13-24-17-8-1-2-9-17/h3-7,10-12,17,24H,1-2,8-9,13-14H2,(H,26,27). The van der Waals surface area contributed by atoms with Gasteiger partial charge in [0.25, 0.3) is 0 Å². The molecule has 140 valence electrons. The Morgan fingerprint density at radius 3 is 2.67 bits per heavy atom. The van der Waals surface area contributed by atoms with Gasteiger partial charge in [-0.25, -0.2) is 4.79 Å². The molecule has 2 N–H and O–H groups in total. The number of rotatable bonds is 6. The molecule has 0 spiro atoms. The first kappa shape index (κ1) is 18.1. The second-order valence-corrected chi connectivity index (χ2v) is 7.66. The molecule has 4 rings (SSSR count). The number of nitrogens with one attached hydrogen (secondary N) is 1. The monoisotopic (exact) mass is 382 g/mol. The number of aromatic carboxylic acids is 1. The predicted molar refractivity (Wildman–Crippen MR) is 109 cm³/mol. The summed E-state index contributed by atoms with van der Waals surface area (Å²) in [5.74, 6) is -0.892. The van der Waals surface area contributed by atoms with Gasteiger partial charge in [-0.3, -0.25) is 0 Å². The second-order valence-electron chi connectivity index (χ2n) is 7.23. The molecule has 3 aromatic rings. The molecule has 1 aliphatic carbocycles. The smallest absolute Gasteiger partial charge is 0.352 e. The van der Waals surface area contributed by atoms with E-state index in [1.54, 1.807) is 0 Å². The lowest BCUT2D eigenvalue weighted by atomic mass is 10.1. The fraction of sp³-hybridized carbons (Fsp3) is 0.318. The summed E-state index contributed by atoms with van der Waals surface area (Å²) >= 11 is 6.12. The Hall–Kier alpha value is -2.30. The predicted octanol–water partition coefficient (Wildman–Crippen LogP) is 5.07. The minimum absolute atomic E-state index is 0.363. The van der Waals surface area contributed by atoms with Crippen molar-refractivity contribution in [2.24, 2.45) is 0 Å². The molecular weight excluding hydrogens is 360 g/mol.